The van der Waals surface area contributed by atoms with E-state index in [1.165, 1.54) is 23.9 Å². The summed E-state index contributed by atoms with van der Waals surface area (Å²) in [6.07, 6.45) is -2.65. The quantitative estimate of drug-likeness (QED) is 0.747. The number of ketones is 1. The molecule has 3 nitrogen and oxygen atoms in total. The van der Waals surface area contributed by atoms with E-state index in [-0.39, 0.29) is 11.1 Å². The third kappa shape index (κ3) is 4.51. The lowest BCUT2D eigenvalue weighted by atomic mass is 10.0. The number of carbonyl (C=O) groups excluding carboxylic acids is 1. The second-order valence-corrected chi connectivity index (χ2v) is 6.47. The van der Waals surface area contributed by atoms with Gasteiger partial charge in [-0.1, -0.05) is 42.5 Å². The van der Waals surface area contributed by atoms with E-state index in [2.05, 4.69) is 11.4 Å². The maximum atomic E-state index is 13.1. The van der Waals surface area contributed by atoms with Crippen LogP contribution in [0.5, 0.6) is 0 Å². The van der Waals surface area contributed by atoms with Crippen LogP contribution in [0.25, 0.3) is 5.57 Å². The van der Waals surface area contributed by atoms with Gasteiger partial charge in [-0.05, 0) is 36.1 Å². The molecule has 1 aliphatic heterocycles. The van der Waals surface area contributed by atoms with Crippen LogP contribution >= 0.6 is 0 Å². The van der Waals surface area contributed by atoms with Crippen LogP contribution in [0.2, 0.25) is 0 Å². The first kappa shape index (κ1) is 19.0. The van der Waals surface area contributed by atoms with Gasteiger partial charge in [0.1, 0.15) is 0 Å². The van der Waals surface area contributed by atoms with Crippen molar-refractivity contribution < 1.29 is 18.0 Å². The Morgan fingerprint density at radius 3 is 2.59 bits per heavy atom. The van der Waals surface area contributed by atoms with E-state index in [9.17, 15) is 18.0 Å². The van der Waals surface area contributed by atoms with Gasteiger partial charge >= 0.3 is 6.18 Å². The molecule has 3 rings (SSSR count). The SMILES string of the molecule is CCN(/C=C(/C(=O)C(F)(F)F)c1ccccc1)Cc1ccc2c(c1)CCN2. The summed E-state index contributed by atoms with van der Waals surface area (Å²) in [5, 5.41) is 3.28. The van der Waals surface area contributed by atoms with Gasteiger partial charge in [0.05, 0.1) is 5.57 Å². The van der Waals surface area contributed by atoms with Crippen LogP contribution in [-0.2, 0) is 17.8 Å². The average Bonchev–Trinajstić information content (AvgIpc) is 3.12. The molecule has 0 saturated carbocycles. The van der Waals surface area contributed by atoms with Gasteiger partial charge in [0.2, 0.25) is 0 Å². The summed E-state index contributed by atoms with van der Waals surface area (Å²) < 4.78 is 39.3. The van der Waals surface area contributed by atoms with Gasteiger partial charge in [0.25, 0.3) is 5.78 Å². The number of hydrogen-bond donors (Lipinski definition) is 1. The molecule has 0 aromatic heterocycles. The Bertz CT molecular complexity index is 844. The largest absolute Gasteiger partial charge is 0.454 e. The predicted molar refractivity (Wildman–Crippen MR) is 100 cm³/mol. The van der Waals surface area contributed by atoms with E-state index in [0.717, 1.165) is 24.2 Å². The van der Waals surface area contributed by atoms with Crippen LogP contribution in [-0.4, -0.2) is 29.9 Å². The lowest BCUT2D eigenvalue weighted by molar-refractivity contribution is -0.164. The molecule has 1 heterocycles. The number of alkyl halides is 3. The summed E-state index contributed by atoms with van der Waals surface area (Å²) in [5.41, 5.74) is 3.24. The summed E-state index contributed by atoms with van der Waals surface area (Å²) >= 11 is 0. The van der Waals surface area contributed by atoms with E-state index >= 15 is 0 Å². The minimum Gasteiger partial charge on any atom is -0.384 e. The van der Waals surface area contributed by atoms with Crippen LogP contribution in [0, 0.1) is 0 Å². The number of nitrogens with zero attached hydrogens (tertiary/aromatic N) is 1. The van der Waals surface area contributed by atoms with Gasteiger partial charge < -0.3 is 10.2 Å². The van der Waals surface area contributed by atoms with E-state index in [1.54, 1.807) is 23.1 Å². The smallest absolute Gasteiger partial charge is 0.384 e. The van der Waals surface area contributed by atoms with E-state index in [4.69, 9.17) is 0 Å². The Morgan fingerprint density at radius 2 is 1.93 bits per heavy atom. The van der Waals surface area contributed by atoms with Crippen molar-refractivity contribution in [3.05, 3.63) is 71.4 Å². The van der Waals surface area contributed by atoms with Crippen LogP contribution in [0.15, 0.2) is 54.7 Å². The molecule has 0 amide bonds. The molecule has 0 atom stereocenters. The van der Waals surface area contributed by atoms with E-state index in [1.807, 2.05) is 19.1 Å². The lowest BCUT2D eigenvalue weighted by Gasteiger charge is -2.21. The fraction of sp³-hybridized carbons (Fsp3) is 0.286. The molecule has 0 radical (unpaired) electrons. The lowest BCUT2D eigenvalue weighted by Crippen LogP contribution is -2.26. The Balaban J connectivity index is 1.90. The minimum atomic E-state index is -4.92. The topological polar surface area (TPSA) is 32.3 Å². The van der Waals surface area contributed by atoms with Crippen molar-refractivity contribution in [2.75, 3.05) is 18.4 Å². The molecular formula is C21H21F3N2O. The molecule has 142 valence electrons. The van der Waals surface area contributed by atoms with Crippen molar-refractivity contribution in [3.63, 3.8) is 0 Å². The first-order chi connectivity index (χ1) is 12.9. The zero-order valence-corrected chi connectivity index (χ0v) is 15.0. The molecule has 0 fully saturated rings. The first-order valence-electron chi connectivity index (χ1n) is 8.87. The highest BCUT2D eigenvalue weighted by Gasteiger charge is 2.41. The van der Waals surface area contributed by atoms with Crippen LogP contribution in [0.3, 0.4) is 0 Å². The van der Waals surface area contributed by atoms with E-state index < -0.39 is 12.0 Å². The molecule has 1 aliphatic rings. The number of benzene rings is 2. The fourth-order valence-corrected chi connectivity index (χ4v) is 3.16. The number of halogens is 3. The molecule has 0 bridgehead atoms. The van der Waals surface area contributed by atoms with Gasteiger partial charge in [0.15, 0.2) is 0 Å². The van der Waals surface area contributed by atoms with Crippen molar-refractivity contribution >= 4 is 17.0 Å². The summed E-state index contributed by atoms with van der Waals surface area (Å²) in [7, 11) is 0. The number of anilines is 1. The van der Waals surface area contributed by atoms with Crippen molar-refractivity contribution in [2.45, 2.75) is 26.1 Å². The molecular weight excluding hydrogens is 353 g/mol. The Morgan fingerprint density at radius 1 is 1.19 bits per heavy atom. The molecule has 2 aromatic rings. The van der Waals surface area contributed by atoms with Crippen molar-refractivity contribution in [1.82, 2.24) is 4.90 Å². The van der Waals surface area contributed by atoms with Crippen LogP contribution < -0.4 is 5.32 Å². The number of fused-ring (bicyclic) bond motifs is 1. The van der Waals surface area contributed by atoms with E-state index in [0.29, 0.717) is 13.1 Å². The Hall–Kier alpha value is -2.76. The average molecular weight is 374 g/mol. The number of carbonyl (C=O) groups is 1. The molecule has 0 unspecified atom stereocenters. The van der Waals surface area contributed by atoms with Crippen LogP contribution in [0.1, 0.15) is 23.6 Å². The third-order valence-electron chi connectivity index (χ3n) is 4.57. The Kier molecular flexibility index (Phi) is 5.54. The van der Waals surface area contributed by atoms with Gasteiger partial charge in [-0.15, -0.1) is 0 Å². The van der Waals surface area contributed by atoms with Crippen LogP contribution in [0.4, 0.5) is 18.9 Å². The second kappa shape index (κ2) is 7.86. The summed E-state index contributed by atoms with van der Waals surface area (Å²) in [5.74, 6) is -1.83. The van der Waals surface area contributed by atoms with Gasteiger partial charge in [0, 0.05) is 31.5 Å². The van der Waals surface area contributed by atoms with Crippen molar-refractivity contribution in [1.29, 1.82) is 0 Å². The predicted octanol–water partition coefficient (Wildman–Crippen LogP) is 4.65. The highest BCUT2D eigenvalue weighted by Crippen LogP contribution is 2.28. The number of Topliss-reactive ketones (excluding diaryl/α,β-unsaturated/α-hetero) is 1. The monoisotopic (exact) mass is 374 g/mol. The van der Waals surface area contributed by atoms with Gasteiger partial charge in [-0.3, -0.25) is 4.79 Å². The van der Waals surface area contributed by atoms with Gasteiger partial charge in [-0.2, -0.15) is 13.2 Å². The second-order valence-electron chi connectivity index (χ2n) is 6.47. The fourth-order valence-electron chi connectivity index (χ4n) is 3.16. The highest BCUT2D eigenvalue weighted by molar-refractivity contribution is 6.23. The number of hydrogen-bond acceptors (Lipinski definition) is 3. The number of allylic oxidation sites excluding steroid dienone is 1. The number of nitrogens with one attached hydrogen (secondary N) is 1. The maximum absolute atomic E-state index is 13.1. The van der Waals surface area contributed by atoms with Crippen molar-refractivity contribution in [3.8, 4) is 0 Å². The molecule has 6 heteroatoms. The van der Waals surface area contributed by atoms with Gasteiger partial charge in [-0.25, -0.2) is 0 Å². The maximum Gasteiger partial charge on any atom is 0.454 e. The minimum absolute atomic E-state index is 0.261. The summed E-state index contributed by atoms with van der Waals surface area (Å²) in [6.45, 7) is 3.67. The third-order valence-corrected chi connectivity index (χ3v) is 4.57. The molecule has 27 heavy (non-hydrogen) atoms. The Labute approximate surface area is 156 Å². The normalized spacial score (nSPS) is 13.9. The molecule has 0 aliphatic carbocycles. The molecule has 0 spiro atoms. The summed E-state index contributed by atoms with van der Waals surface area (Å²) in [6, 6.07) is 14.0. The molecule has 1 N–H and O–H groups in total. The molecule has 0 saturated heterocycles. The first-order valence-corrected chi connectivity index (χ1v) is 8.87. The molecule has 2 aromatic carbocycles. The zero-order valence-electron chi connectivity index (χ0n) is 15.0. The highest BCUT2D eigenvalue weighted by atomic mass is 19.4. The standard InChI is InChI=1S/C21H21F3N2O/c1-2-26(13-15-8-9-19-17(12-15)10-11-25-19)14-18(20(27)21(22,23)24)16-6-4-3-5-7-16/h3-9,12,14,25H,2,10-11,13H2,1H3/b18-14+. The summed E-state index contributed by atoms with van der Waals surface area (Å²) in [4.78, 5) is 13.7. The van der Waals surface area contributed by atoms with Crippen molar-refractivity contribution in [2.24, 2.45) is 0 Å². The number of rotatable bonds is 6. The zero-order chi connectivity index (χ0) is 19.4.